The number of carbonyl (C=O) groups is 1. The van der Waals surface area contributed by atoms with Crippen molar-refractivity contribution in [3.05, 3.63) is 46.6 Å². The number of ether oxygens (including phenoxy) is 2. The van der Waals surface area contributed by atoms with Gasteiger partial charge in [0.15, 0.2) is 11.5 Å². The van der Waals surface area contributed by atoms with Crippen molar-refractivity contribution in [3.8, 4) is 11.5 Å². The number of anilines is 1. The van der Waals surface area contributed by atoms with Crippen LogP contribution in [0.3, 0.4) is 0 Å². The van der Waals surface area contributed by atoms with Gasteiger partial charge >= 0.3 is 0 Å². The molecule has 6 nitrogen and oxygen atoms in total. The SMILES string of the molecule is O=C(c1cnc(NCCc2ccc3c(c2)OCO3)c(Cl)c1)N1CCCCC1. The predicted molar refractivity (Wildman–Crippen MR) is 104 cm³/mol. The molecule has 0 aliphatic carbocycles. The maximum atomic E-state index is 12.5. The number of nitrogens with zero attached hydrogens (tertiary/aromatic N) is 2. The Morgan fingerprint density at radius 1 is 1.15 bits per heavy atom. The average Bonchev–Trinajstić information content (AvgIpc) is 3.17. The summed E-state index contributed by atoms with van der Waals surface area (Å²) in [6.45, 7) is 2.57. The zero-order chi connectivity index (χ0) is 18.6. The van der Waals surface area contributed by atoms with E-state index in [1.54, 1.807) is 12.3 Å². The molecule has 0 bridgehead atoms. The largest absolute Gasteiger partial charge is 0.454 e. The molecule has 2 aromatic rings. The van der Waals surface area contributed by atoms with E-state index in [2.05, 4.69) is 10.3 Å². The number of hydrogen-bond acceptors (Lipinski definition) is 5. The summed E-state index contributed by atoms with van der Waals surface area (Å²) in [5.74, 6) is 2.17. The molecule has 1 fully saturated rings. The molecule has 0 radical (unpaired) electrons. The van der Waals surface area contributed by atoms with Crippen molar-refractivity contribution < 1.29 is 14.3 Å². The van der Waals surface area contributed by atoms with Gasteiger partial charge in [-0.15, -0.1) is 0 Å². The van der Waals surface area contributed by atoms with Crippen LogP contribution in [-0.4, -0.2) is 42.2 Å². The lowest BCUT2D eigenvalue weighted by Gasteiger charge is -2.26. The zero-order valence-electron chi connectivity index (χ0n) is 15.0. The van der Waals surface area contributed by atoms with E-state index in [4.69, 9.17) is 21.1 Å². The number of nitrogens with one attached hydrogen (secondary N) is 1. The molecule has 7 heteroatoms. The fraction of sp³-hybridized carbons (Fsp3) is 0.400. The van der Waals surface area contributed by atoms with Crippen molar-refractivity contribution >= 4 is 23.3 Å². The lowest BCUT2D eigenvalue weighted by atomic mass is 10.1. The number of amides is 1. The van der Waals surface area contributed by atoms with Crippen molar-refractivity contribution in [1.82, 2.24) is 9.88 Å². The number of piperidine rings is 1. The van der Waals surface area contributed by atoms with E-state index in [1.807, 2.05) is 23.1 Å². The molecule has 1 saturated heterocycles. The topological polar surface area (TPSA) is 63.7 Å². The summed E-state index contributed by atoms with van der Waals surface area (Å²) >= 11 is 6.34. The third-order valence-corrected chi connectivity index (χ3v) is 5.16. The lowest BCUT2D eigenvalue weighted by molar-refractivity contribution is 0.0724. The van der Waals surface area contributed by atoms with Crippen LogP contribution < -0.4 is 14.8 Å². The van der Waals surface area contributed by atoms with Gasteiger partial charge in [-0.25, -0.2) is 4.98 Å². The molecular weight excluding hydrogens is 366 g/mol. The summed E-state index contributed by atoms with van der Waals surface area (Å²) in [6, 6.07) is 7.63. The van der Waals surface area contributed by atoms with Gasteiger partial charge in [0.05, 0.1) is 10.6 Å². The summed E-state index contributed by atoms with van der Waals surface area (Å²) < 4.78 is 10.7. The van der Waals surface area contributed by atoms with E-state index in [1.165, 1.54) is 6.42 Å². The molecular formula is C20H22ClN3O3. The van der Waals surface area contributed by atoms with E-state index >= 15 is 0 Å². The van der Waals surface area contributed by atoms with E-state index in [-0.39, 0.29) is 12.7 Å². The maximum Gasteiger partial charge on any atom is 0.255 e. The third kappa shape index (κ3) is 4.11. The van der Waals surface area contributed by atoms with Crippen LogP contribution >= 0.6 is 11.6 Å². The highest BCUT2D eigenvalue weighted by atomic mass is 35.5. The van der Waals surface area contributed by atoms with Crippen molar-refractivity contribution in [3.63, 3.8) is 0 Å². The Balaban J connectivity index is 1.34. The number of pyridine rings is 1. The molecule has 1 aromatic carbocycles. The summed E-state index contributed by atoms with van der Waals surface area (Å²) in [7, 11) is 0. The van der Waals surface area contributed by atoms with Gasteiger partial charge in [0.25, 0.3) is 5.91 Å². The van der Waals surface area contributed by atoms with Gasteiger partial charge in [-0.05, 0) is 49.4 Å². The lowest BCUT2D eigenvalue weighted by Crippen LogP contribution is -2.35. The van der Waals surface area contributed by atoms with Crippen LogP contribution in [0.2, 0.25) is 5.02 Å². The maximum absolute atomic E-state index is 12.5. The normalized spacial score (nSPS) is 15.7. The van der Waals surface area contributed by atoms with Gasteiger partial charge in [-0.1, -0.05) is 17.7 Å². The molecule has 0 atom stereocenters. The van der Waals surface area contributed by atoms with E-state index < -0.39 is 0 Å². The Bertz CT molecular complexity index is 837. The first-order chi connectivity index (χ1) is 13.2. The third-order valence-electron chi connectivity index (χ3n) is 4.87. The minimum Gasteiger partial charge on any atom is -0.454 e. The van der Waals surface area contributed by atoms with Crippen LogP contribution in [0, 0.1) is 0 Å². The smallest absolute Gasteiger partial charge is 0.255 e. The minimum atomic E-state index is 0.0102. The van der Waals surface area contributed by atoms with Crippen molar-refractivity contribution in [2.75, 3.05) is 31.7 Å². The van der Waals surface area contributed by atoms with Crippen molar-refractivity contribution in [2.24, 2.45) is 0 Å². The second kappa shape index (κ2) is 8.05. The highest BCUT2D eigenvalue weighted by Crippen LogP contribution is 2.32. The number of benzene rings is 1. The number of likely N-dealkylation sites (tertiary alicyclic amines) is 1. The molecule has 3 heterocycles. The first-order valence-corrected chi connectivity index (χ1v) is 9.66. The Morgan fingerprint density at radius 2 is 1.96 bits per heavy atom. The average molecular weight is 388 g/mol. The summed E-state index contributed by atoms with van der Waals surface area (Å²) in [6.07, 6.45) is 5.71. The van der Waals surface area contributed by atoms with Gasteiger partial charge in [0.2, 0.25) is 6.79 Å². The number of rotatable bonds is 5. The van der Waals surface area contributed by atoms with Crippen LogP contribution in [0.5, 0.6) is 11.5 Å². The van der Waals surface area contributed by atoms with Crippen LogP contribution in [0.1, 0.15) is 35.2 Å². The highest BCUT2D eigenvalue weighted by molar-refractivity contribution is 6.33. The van der Waals surface area contributed by atoms with Gasteiger partial charge in [-0.2, -0.15) is 0 Å². The molecule has 0 saturated carbocycles. The standard InChI is InChI=1S/C20H22ClN3O3/c21-16-11-15(20(25)24-8-2-1-3-9-24)12-23-19(16)22-7-6-14-4-5-17-18(10-14)27-13-26-17/h4-5,10-12H,1-3,6-9,13H2,(H,22,23). The van der Waals surface area contributed by atoms with Gasteiger partial charge in [0.1, 0.15) is 5.82 Å². The quantitative estimate of drug-likeness (QED) is 0.846. The Morgan fingerprint density at radius 3 is 2.78 bits per heavy atom. The Hall–Kier alpha value is -2.47. The molecule has 0 unspecified atom stereocenters. The molecule has 142 valence electrons. The van der Waals surface area contributed by atoms with Gasteiger partial charge in [-0.3, -0.25) is 4.79 Å². The van der Waals surface area contributed by atoms with Crippen LogP contribution in [0.4, 0.5) is 5.82 Å². The number of aromatic nitrogens is 1. The molecule has 1 amide bonds. The summed E-state index contributed by atoms with van der Waals surface area (Å²) in [4.78, 5) is 18.8. The second-order valence-electron chi connectivity index (χ2n) is 6.77. The molecule has 0 spiro atoms. The summed E-state index contributed by atoms with van der Waals surface area (Å²) in [5, 5.41) is 3.70. The Kier molecular flexibility index (Phi) is 5.34. The molecule has 2 aliphatic rings. The van der Waals surface area contributed by atoms with Crippen molar-refractivity contribution in [2.45, 2.75) is 25.7 Å². The van der Waals surface area contributed by atoms with Crippen LogP contribution in [0.25, 0.3) is 0 Å². The van der Waals surface area contributed by atoms with Crippen LogP contribution in [-0.2, 0) is 6.42 Å². The summed E-state index contributed by atoms with van der Waals surface area (Å²) in [5.41, 5.74) is 1.68. The van der Waals surface area contributed by atoms with Crippen LogP contribution in [0.15, 0.2) is 30.5 Å². The highest BCUT2D eigenvalue weighted by Gasteiger charge is 2.19. The zero-order valence-corrected chi connectivity index (χ0v) is 15.8. The van der Waals surface area contributed by atoms with Gasteiger partial charge in [0, 0.05) is 25.8 Å². The number of hydrogen-bond donors (Lipinski definition) is 1. The van der Waals surface area contributed by atoms with E-state index in [0.29, 0.717) is 22.9 Å². The first-order valence-electron chi connectivity index (χ1n) is 9.28. The monoisotopic (exact) mass is 387 g/mol. The van der Waals surface area contributed by atoms with Crippen molar-refractivity contribution in [1.29, 1.82) is 0 Å². The fourth-order valence-corrected chi connectivity index (χ4v) is 3.62. The molecule has 2 aliphatic heterocycles. The number of fused-ring (bicyclic) bond motifs is 1. The molecule has 1 N–H and O–H groups in total. The van der Waals surface area contributed by atoms with E-state index in [9.17, 15) is 4.79 Å². The second-order valence-corrected chi connectivity index (χ2v) is 7.18. The van der Waals surface area contributed by atoms with E-state index in [0.717, 1.165) is 49.4 Å². The molecule has 1 aromatic heterocycles. The number of carbonyl (C=O) groups excluding carboxylic acids is 1. The first kappa shape index (κ1) is 17.9. The number of halogens is 1. The predicted octanol–water partition coefficient (Wildman–Crippen LogP) is 3.74. The molecule has 4 rings (SSSR count). The Labute approximate surface area is 163 Å². The van der Waals surface area contributed by atoms with Gasteiger partial charge < -0.3 is 19.7 Å². The molecule has 27 heavy (non-hydrogen) atoms. The fourth-order valence-electron chi connectivity index (χ4n) is 3.39. The minimum absolute atomic E-state index is 0.0102.